The van der Waals surface area contributed by atoms with Gasteiger partial charge in [-0.05, 0) is 54.8 Å². The van der Waals surface area contributed by atoms with Crippen LogP contribution in [0.5, 0.6) is 0 Å². The summed E-state index contributed by atoms with van der Waals surface area (Å²) < 4.78 is 5.31. The van der Waals surface area contributed by atoms with E-state index in [1.807, 2.05) is 67.4 Å². The van der Waals surface area contributed by atoms with Gasteiger partial charge < -0.3 is 26.0 Å². The number of rotatable bonds is 9. The fourth-order valence-electron chi connectivity index (χ4n) is 3.92. The number of hydrogen-bond acceptors (Lipinski definition) is 6. The van der Waals surface area contributed by atoms with E-state index in [0.717, 1.165) is 17.8 Å². The highest BCUT2D eigenvalue weighted by atomic mass is 16.5. The van der Waals surface area contributed by atoms with Crippen molar-refractivity contribution in [1.82, 2.24) is 4.90 Å². The fraction of sp³-hybridized carbons (Fsp3) is 0.440. The van der Waals surface area contributed by atoms with E-state index in [0.29, 0.717) is 56.8 Å². The summed E-state index contributed by atoms with van der Waals surface area (Å²) >= 11 is 0. The van der Waals surface area contributed by atoms with Crippen molar-refractivity contribution < 1.29 is 14.3 Å². The lowest BCUT2D eigenvalue weighted by atomic mass is 9.82. The summed E-state index contributed by atoms with van der Waals surface area (Å²) in [5.74, 6) is -0.0772. The van der Waals surface area contributed by atoms with Crippen molar-refractivity contribution in [3.05, 3.63) is 65.2 Å². The Bertz CT molecular complexity index is 908. The molecule has 7 nitrogen and oxygen atoms in total. The molecule has 0 saturated carbocycles. The second kappa shape index (κ2) is 10.7. The van der Waals surface area contributed by atoms with E-state index >= 15 is 0 Å². The minimum atomic E-state index is -1.01. The van der Waals surface area contributed by atoms with Crippen LogP contribution < -0.4 is 16.4 Å². The van der Waals surface area contributed by atoms with Gasteiger partial charge >= 0.3 is 0 Å². The maximum Gasteiger partial charge on any atom is 0.254 e. The van der Waals surface area contributed by atoms with Gasteiger partial charge in [0, 0.05) is 50.0 Å². The van der Waals surface area contributed by atoms with Gasteiger partial charge in [-0.15, -0.1) is 0 Å². The molecule has 0 aliphatic carbocycles. The smallest absolute Gasteiger partial charge is 0.254 e. The summed E-state index contributed by atoms with van der Waals surface area (Å²) in [6.45, 7) is 5.60. The zero-order valence-corrected chi connectivity index (χ0v) is 19.0. The average Bonchev–Trinajstić information content (AvgIpc) is 2.84. The molecular formula is C25H34N4O3. The number of carbonyl (C=O) groups is 2. The third-order valence-corrected chi connectivity index (χ3v) is 6.14. The molecule has 1 unspecified atom stereocenters. The summed E-state index contributed by atoms with van der Waals surface area (Å²) in [6.07, 6.45) is 0.915. The largest absolute Gasteiger partial charge is 0.378 e. The number of carbonyl (C=O) groups excluding carboxylic acids is 2. The Morgan fingerprint density at radius 3 is 2.19 bits per heavy atom. The van der Waals surface area contributed by atoms with Crippen molar-refractivity contribution >= 4 is 17.4 Å². The van der Waals surface area contributed by atoms with Crippen LogP contribution in [0.1, 0.15) is 39.6 Å². The molecule has 172 valence electrons. The Kier molecular flexibility index (Phi) is 8.01. The SMILES string of the molecule is CCC(N)(Cc1ccc(C(=O)N2CCOCC2)cc1)C(=O)c1ccc(N(C)CCN)cc1. The Morgan fingerprint density at radius 2 is 1.62 bits per heavy atom. The summed E-state index contributed by atoms with van der Waals surface area (Å²) in [5.41, 5.74) is 14.4. The molecule has 4 N–H and O–H groups in total. The topological polar surface area (TPSA) is 102 Å². The number of morpholine rings is 1. The summed E-state index contributed by atoms with van der Waals surface area (Å²) in [5, 5.41) is 0. The third-order valence-electron chi connectivity index (χ3n) is 6.14. The second-order valence-electron chi connectivity index (χ2n) is 8.37. The minimum absolute atomic E-state index is 0.00474. The van der Waals surface area contributed by atoms with Crippen LogP contribution in [0.4, 0.5) is 5.69 Å². The van der Waals surface area contributed by atoms with Crippen LogP contribution in [0.2, 0.25) is 0 Å². The number of ether oxygens (including phenoxy) is 1. The first kappa shape index (κ1) is 23.9. The van der Waals surface area contributed by atoms with Crippen molar-refractivity contribution in [3.63, 3.8) is 0 Å². The van der Waals surface area contributed by atoms with E-state index in [9.17, 15) is 9.59 Å². The van der Waals surface area contributed by atoms with Crippen LogP contribution in [-0.4, -0.2) is 68.6 Å². The highest BCUT2D eigenvalue weighted by Crippen LogP contribution is 2.23. The van der Waals surface area contributed by atoms with Crippen LogP contribution in [0.15, 0.2) is 48.5 Å². The van der Waals surface area contributed by atoms with Crippen LogP contribution in [-0.2, 0) is 11.2 Å². The van der Waals surface area contributed by atoms with Gasteiger partial charge in [0.1, 0.15) is 0 Å². The Balaban J connectivity index is 1.70. The summed E-state index contributed by atoms with van der Waals surface area (Å²) in [6, 6.07) is 14.9. The first-order chi connectivity index (χ1) is 15.4. The van der Waals surface area contributed by atoms with Gasteiger partial charge in [-0.3, -0.25) is 9.59 Å². The summed E-state index contributed by atoms with van der Waals surface area (Å²) in [7, 11) is 1.97. The monoisotopic (exact) mass is 438 g/mol. The number of anilines is 1. The lowest BCUT2D eigenvalue weighted by Crippen LogP contribution is -2.49. The third kappa shape index (κ3) is 5.54. The second-order valence-corrected chi connectivity index (χ2v) is 8.37. The molecule has 0 spiro atoms. The van der Waals surface area contributed by atoms with E-state index in [-0.39, 0.29) is 11.7 Å². The van der Waals surface area contributed by atoms with E-state index in [2.05, 4.69) is 0 Å². The van der Waals surface area contributed by atoms with Crippen LogP contribution in [0.3, 0.4) is 0 Å². The standard InChI is InChI=1S/C25H34N4O3/c1-3-25(27,23(30)20-8-10-22(11-9-20)28(2)13-12-26)18-19-4-6-21(7-5-19)24(31)29-14-16-32-17-15-29/h4-11H,3,12-18,26-27H2,1-2H3. The highest BCUT2D eigenvalue weighted by Gasteiger charge is 2.33. The zero-order valence-electron chi connectivity index (χ0n) is 19.0. The number of hydrogen-bond donors (Lipinski definition) is 2. The minimum Gasteiger partial charge on any atom is -0.378 e. The molecular weight excluding hydrogens is 404 g/mol. The number of likely N-dealkylation sites (N-methyl/N-ethyl adjacent to an activating group) is 1. The fourth-order valence-corrected chi connectivity index (χ4v) is 3.92. The van der Waals surface area contributed by atoms with Gasteiger partial charge in [0.15, 0.2) is 5.78 Å². The predicted octanol–water partition coefficient (Wildman–Crippen LogP) is 2.09. The number of nitrogens with zero attached hydrogens (tertiary/aromatic N) is 2. The number of benzene rings is 2. The number of ketones is 1. The molecule has 1 amide bonds. The quantitative estimate of drug-likeness (QED) is 0.581. The molecule has 1 aliphatic heterocycles. The average molecular weight is 439 g/mol. The van der Waals surface area contributed by atoms with Crippen molar-refractivity contribution in [2.45, 2.75) is 25.3 Å². The van der Waals surface area contributed by atoms with Gasteiger partial charge in [0.2, 0.25) is 0 Å². The molecule has 2 aromatic rings. The molecule has 1 saturated heterocycles. The number of nitrogens with two attached hydrogens (primary N) is 2. The summed E-state index contributed by atoms with van der Waals surface area (Å²) in [4.78, 5) is 29.7. The number of amides is 1. The predicted molar refractivity (Wildman–Crippen MR) is 127 cm³/mol. The first-order valence-electron chi connectivity index (χ1n) is 11.2. The molecule has 7 heteroatoms. The van der Waals surface area contributed by atoms with Gasteiger partial charge in [-0.1, -0.05) is 19.1 Å². The highest BCUT2D eigenvalue weighted by molar-refractivity contribution is 6.03. The van der Waals surface area contributed by atoms with E-state index < -0.39 is 5.54 Å². The molecule has 1 fully saturated rings. The molecule has 0 bridgehead atoms. The van der Waals surface area contributed by atoms with Crippen LogP contribution in [0.25, 0.3) is 0 Å². The van der Waals surface area contributed by atoms with Crippen LogP contribution >= 0.6 is 0 Å². The lowest BCUT2D eigenvalue weighted by molar-refractivity contribution is 0.0303. The van der Waals surface area contributed by atoms with Crippen molar-refractivity contribution in [2.24, 2.45) is 11.5 Å². The Morgan fingerprint density at radius 1 is 1.03 bits per heavy atom. The van der Waals surface area contributed by atoms with Crippen molar-refractivity contribution in [2.75, 3.05) is 51.3 Å². The molecule has 1 heterocycles. The maximum atomic E-state index is 13.3. The van der Waals surface area contributed by atoms with Crippen molar-refractivity contribution in [1.29, 1.82) is 0 Å². The molecule has 1 aliphatic rings. The molecule has 32 heavy (non-hydrogen) atoms. The molecule has 3 rings (SSSR count). The van der Waals surface area contributed by atoms with E-state index in [1.54, 1.807) is 4.90 Å². The van der Waals surface area contributed by atoms with Gasteiger partial charge in [0.05, 0.1) is 18.8 Å². The van der Waals surface area contributed by atoms with Crippen LogP contribution in [0, 0.1) is 0 Å². The van der Waals surface area contributed by atoms with E-state index in [1.165, 1.54) is 0 Å². The Hall–Kier alpha value is -2.74. The molecule has 1 atom stereocenters. The normalized spacial score (nSPS) is 15.8. The Labute approximate surface area is 190 Å². The molecule has 0 radical (unpaired) electrons. The van der Waals surface area contributed by atoms with Gasteiger partial charge in [-0.25, -0.2) is 0 Å². The maximum absolute atomic E-state index is 13.3. The molecule has 0 aromatic heterocycles. The van der Waals surface area contributed by atoms with Gasteiger partial charge in [0.25, 0.3) is 5.91 Å². The molecule has 2 aromatic carbocycles. The van der Waals surface area contributed by atoms with E-state index in [4.69, 9.17) is 16.2 Å². The lowest BCUT2D eigenvalue weighted by Gasteiger charge is -2.28. The van der Waals surface area contributed by atoms with Gasteiger partial charge in [-0.2, -0.15) is 0 Å². The first-order valence-corrected chi connectivity index (χ1v) is 11.2. The zero-order chi connectivity index (χ0) is 23.1. The van der Waals surface area contributed by atoms with Crippen molar-refractivity contribution in [3.8, 4) is 0 Å². The number of Topliss-reactive ketones (excluding diaryl/α,β-unsaturated/α-hetero) is 1.